The number of ether oxygens (including phenoxy) is 4. The van der Waals surface area contributed by atoms with Crippen LogP contribution in [0.1, 0.15) is 24.5 Å². The van der Waals surface area contributed by atoms with Gasteiger partial charge >= 0.3 is 0 Å². The predicted molar refractivity (Wildman–Crippen MR) is 74.3 cm³/mol. The van der Waals surface area contributed by atoms with Crippen molar-refractivity contribution < 1.29 is 24.1 Å². The SMILES string of the molecule is COc1cc(C(O)C2=CCCCO2)cc(OC)c1OC. The first-order valence-electron chi connectivity index (χ1n) is 6.52. The Labute approximate surface area is 118 Å². The van der Waals surface area contributed by atoms with Gasteiger partial charge in [0.25, 0.3) is 0 Å². The van der Waals surface area contributed by atoms with Crippen molar-refractivity contribution in [3.05, 3.63) is 29.5 Å². The number of aliphatic hydroxyl groups excluding tert-OH is 1. The Bertz CT molecular complexity index is 470. The van der Waals surface area contributed by atoms with Gasteiger partial charge in [-0.25, -0.2) is 0 Å². The van der Waals surface area contributed by atoms with Crippen LogP contribution in [0.25, 0.3) is 0 Å². The lowest BCUT2D eigenvalue weighted by molar-refractivity contribution is 0.0914. The maximum atomic E-state index is 10.4. The van der Waals surface area contributed by atoms with E-state index in [4.69, 9.17) is 18.9 Å². The smallest absolute Gasteiger partial charge is 0.203 e. The summed E-state index contributed by atoms with van der Waals surface area (Å²) in [6, 6.07) is 3.45. The molecule has 0 radical (unpaired) electrons. The van der Waals surface area contributed by atoms with E-state index in [1.54, 1.807) is 33.5 Å². The van der Waals surface area contributed by atoms with Crippen molar-refractivity contribution in [2.75, 3.05) is 27.9 Å². The lowest BCUT2D eigenvalue weighted by Crippen LogP contribution is -2.10. The topological polar surface area (TPSA) is 57.2 Å². The molecule has 1 aliphatic rings. The first-order chi connectivity index (χ1) is 9.71. The van der Waals surface area contributed by atoms with E-state index in [0.717, 1.165) is 12.8 Å². The number of aliphatic hydroxyl groups is 1. The molecule has 20 heavy (non-hydrogen) atoms. The first kappa shape index (κ1) is 14.5. The monoisotopic (exact) mass is 280 g/mol. The van der Waals surface area contributed by atoms with Gasteiger partial charge in [0.05, 0.1) is 27.9 Å². The highest BCUT2D eigenvalue weighted by atomic mass is 16.5. The maximum Gasteiger partial charge on any atom is 0.203 e. The maximum absolute atomic E-state index is 10.4. The highest BCUT2D eigenvalue weighted by Crippen LogP contribution is 2.41. The van der Waals surface area contributed by atoms with E-state index in [1.807, 2.05) is 6.08 Å². The summed E-state index contributed by atoms with van der Waals surface area (Å²) in [4.78, 5) is 0. The van der Waals surface area contributed by atoms with Gasteiger partial charge in [-0.05, 0) is 36.6 Å². The molecule has 1 aliphatic heterocycles. The van der Waals surface area contributed by atoms with Gasteiger partial charge in [-0.1, -0.05) is 0 Å². The molecule has 1 unspecified atom stereocenters. The van der Waals surface area contributed by atoms with Crippen LogP contribution in [0.5, 0.6) is 17.2 Å². The molecule has 0 spiro atoms. The molecular weight excluding hydrogens is 260 g/mol. The normalized spacial score (nSPS) is 15.9. The van der Waals surface area contributed by atoms with Gasteiger partial charge < -0.3 is 24.1 Å². The minimum atomic E-state index is -0.830. The van der Waals surface area contributed by atoms with Crippen molar-refractivity contribution in [3.8, 4) is 17.2 Å². The number of methoxy groups -OCH3 is 3. The second-order valence-corrected chi connectivity index (χ2v) is 4.46. The fourth-order valence-corrected chi connectivity index (χ4v) is 2.19. The van der Waals surface area contributed by atoms with E-state index in [-0.39, 0.29) is 0 Å². The van der Waals surface area contributed by atoms with Gasteiger partial charge in [0, 0.05) is 0 Å². The van der Waals surface area contributed by atoms with Crippen molar-refractivity contribution in [2.24, 2.45) is 0 Å². The van der Waals surface area contributed by atoms with Crippen LogP contribution in [0.3, 0.4) is 0 Å². The fourth-order valence-electron chi connectivity index (χ4n) is 2.19. The fraction of sp³-hybridized carbons (Fsp3) is 0.467. The van der Waals surface area contributed by atoms with Crippen LogP contribution in [0.4, 0.5) is 0 Å². The van der Waals surface area contributed by atoms with Gasteiger partial charge in [-0.2, -0.15) is 0 Å². The zero-order valence-corrected chi connectivity index (χ0v) is 12.0. The number of hydrogen-bond acceptors (Lipinski definition) is 5. The Kier molecular flexibility index (Phi) is 4.74. The Balaban J connectivity index is 2.38. The summed E-state index contributed by atoms with van der Waals surface area (Å²) in [5, 5.41) is 10.4. The van der Waals surface area contributed by atoms with E-state index in [1.165, 1.54) is 0 Å². The zero-order valence-electron chi connectivity index (χ0n) is 12.0. The first-order valence-corrected chi connectivity index (χ1v) is 6.52. The number of allylic oxidation sites excluding steroid dienone is 1. The molecular formula is C15H20O5. The van der Waals surface area contributed by atoms with E-state index in [2.05, 4.69) is 0 Å². The highest BCUT2D eigenvalue weighted by molar-refractivity contribution is 5.54. The largest absolute Gasteiger partial charge is 0.495 e. The van der Waals surface area contributed by atoms with Crippen LogP contribution < -0.4 is 14.2 Å². The molecule has 0 fully saturated rings. The van der Waals surface area contributed by atoms with Gasteiger partial charge in [0.1, 0.15) is 11.9 Å². The van der Waals surface area contributed by atoms with E-state index in [0.29, 0.717) is 35.2 Å². The van der Waals surface area contributed by atoms with Gasteiger partial charge in [-0.15, -0.1) is 0 Å². The van der Waals surface area contributed by atoms with E-state index >= 15 is 0 Å². The third-order valence-electron chi connectivity index (χ3n) is 3.24. The van der Waals surface area contributed by atoms with Gasteiger partial charge in [0.15, 0.2) is 11.5 Å². The molecule has 0 aromatic heterocycles. The van der Waals surface area contributed by atoms with Crippen LogP contribution in [-0.2, 0) is 4.74 Å². The number of hydrogen-bond donors (Lipinski definition) is 1. The summed E-state index contributed by atoms with van der Waals surface area (Å²) in [6.45, 7) is 0.632. The molecule has 5 nitrogen and oxygen atoms in total. The molecule has 1 aromatic carbocycles. The summed E-state index contributed by atoms with van der Waals surface area (Å²) >= 11 is 0. The number of benzene rings is 1. The Hall–Kier alpha value is -1.88. The average Bonchev–Trinajstić information content (AvgIpc) is 2.53. The quantitative estimate of drug-likeness (QED) is 0.897. The summed E-state index contributed by atoms with van der Waals surface area (Å²) in [7, 11) is 4.64. The summed E-state index contributed by atoms with van der Waals surface area (Å²) in [5.74, 6) is 2.10. The minimum Gasteiger partial charge on any atom is -0.495 e. The molecule has 110 valence electrons. The third-order valence-corrected chi connectivity index (χ3v) is 3.24. The third kappa shape index (κ3) is 2.82. The Morgan fingerprint density at radius 2 is 1.75 bits per heavy atom. The minimum absolute atomic E-state index is 0.504. The van der Waals surface area contributed by atoms with Crippen molar-refractivity contribution in [3.63, 3.8) is 0 Å². The standard InChI is InChI=1S/C15H20O5/c1-17-12-8-10(9-13(18-2)15(12)19-3)14(16)11-6-4-5-7-20-11/h6,8-9,14,16H,4-5,7H2,1-3H3. The van der Waals surface area contributed by atoms with E-state index in [9.17, 15) is 5.11 Å². The lowest BCUT2D eigenvalue weighted by atomic mass is 10.0. The summed E-state index contributed by atoms with van der Waals surface area (Å²) in [6.07, 6.45) is 2.98. The van der Waals surface area contributed by atoms with Gasteiger partial charge in [-0.3, -0.25) is 0 Å². The molecule has 0 bridgehead atoms. The summed E-state index contributed by atoms with van der Waals surface area (Å²) in [5.41, 5.74) is 0.646. The van der Waals surface area contributed by atoms with Crippen molar-refractivity contribution in [1.82, 2.24) is 0 Å². The highest BCUT2D eigenvalue weighted by Gasteiger charge is 2.21. The van der Waals surface area contributed by atoms with Gasteiger partial charge in [0.2, 0.25) is 5.75 Å². The molecule has 0 aliphatic carbocycles. The molecule has 2 rings (SSSR count). The average molecular weight is 280 g/mol. The predicted octanol–water partition coefficient (Wildman–Crippen LogP) is 2.44. The Morgan fingerprint density at radius 1 is 1.10 bits per heavy atom. The van der Waals surface area contributed by atoms with Crippen molar-refractivity contribution in [2.45, 2.75) is 18.9 Å². The van der Waals surface area contributed by atoms with Crippen LogP contribution in [-0.4, -0.2) is 33.0 Å². The molecule has 1 atom stereocenters. The zero-order chi connectivity index (χ0) is 14.5. The number of rotatable bonds is 5. The van der Waals surface area contributed by atoms with Crippen LogP contribution >= 0.6 is 0 Å². The van der Waals surface area contributed by atoms with E-state index < -0.39 is 6.10 Å². The molecule has 0 amide bonds. The van der Waals surface area contributed by atoms with Crippen LogP contribution in [0.15, 0.2) is 24.0 Å². The van der Waals surface area contributed by atoms with Crippen LogP contribution in [0, 0.1) is 0 Å². The lowest BCUT2D eigenvalue weighted by Gasteiger charge is -2.21. The molecule has 0 saturated carbocycles. The molecule has 1 heterocycles. The molecule has 1 aromatic rings. The van der Waals surface area contributed by atoms with Crippen LogP contribution in [0.2, 0.25) is 0 Å². The molecule has 0 saturated heterocycles. The van der Waals surface area contributed by atoms with Crippen molar-refractivity contribution in [1.29, 1.82) is 0 Å². The van der Waals surface area contributed by atoms with Crippen molar-refractivity contribution >= 4 is 0 Å². The Morgan fingerprint density at radius 3 is 2.20 bits per heavy atom. The second kappa shape index (κ2) is 6.52. The molecule has 5 heteroatoms. The molecule has 1 N–H and O–H groups in total. The second-order valence-electron chi connectivity index (χ2n) is 4.46. The summed E-state index contributed by atoms with van der Waals surface area (Å²) < 4.78 is 21.3.